The maximum absolute atomic E-state index is 6.16. The average Bonchev–Trinajstić information content (AvgIpc) is 2.60. The summed E-state index contributed by atoms with van der Waals surface area (Å²) in [7, 11) is 1.72. The topological polar surface area (TPSA) is 21.7 Å². The van der Waals surface area contributed by atoms with Gasteiger partial charge < -0.3 is 9.47 Å². The van der Waals surface area contributed by atoms with Crippen LogP contribution in [-0.2, 0) is 13.1 Å². The Morgan fingerprint density at radius 2 is 1.80 bits per heavy atom. The normalized spacial score (nSPS) is 20.4. The first-order valence-corrected chi connectivity index (χ1v) is 9.15. The van der Waals surface area contributed by atoms with E-state index in [1.165, 1.54) is 16.7 Å². The lowest BCUT2D eigenvalue weighted by atomic mass is 9.84. The zero-order chi connectivity index (χ0) is 18.0. The predicted octanol–water partition coefficient (Wildman–Crippen LogP) is 4.99. The van der Waals surface area contributed by atoms with Crippen molar-refractivity contribution in [3.63, 3.8) is 0 Å². The summed E-state index contributed by atoms with van der Waals surface area (Å²) in [5.41, 5.74) is 4.01. The molecule has 0 spiro atoms. The van der Waals surface area contributed by atoms with E-state index < -0.39 is 0 Å². The molecule has 3 rings (SSSR count). The number of hydrogen-bond donors (Lipinski definition) is 0. The summed E-state index contributed by atoms with van der Waals surface area (Å²) in [5.74, 6) is 2.15. The third-order valence-corrected chi connectivity index (χ3v) is 5.18. The molecule has 0 amide bonds. The van der Waals surface area contributed by atoms with Crippen LogP contribution in [0.15, 0.2) is 42.5 Å². The van der Waals surface area contributed by atoms with E-state index in [2.05, 4.69) is 69.0 Å². The van der Waals surface area contributed by atoms with Crippen molar-refractivity contribution >= 4 is 0 Å². The van der Waals surface area contributed by atoms with Gasteiger partial charge in [0.05, 0.1) is 13.2 Å². The van der Waals surface area contributed by atoms with Crippen molar-refractivity contribution in [2.24, 2.45) is 0 Å². The molecule has 0 N–H and O–H groups in total. The van der Waals surface area contributed by atoms with Crippen molar-refractivity contribution in [2.75, 3.05) is 7.11 Å². The number of ether oxygens (including phenoxy) is 2. The lowest BCUT2D eigenvalue weighted by molar-refractivity contribution is 0.147. The summed E-state index contributed by atoms with van der Waals surface area (Å²) in [6, 6.07) is 15.4. The van der Waals surface area contributed by atoms with Crippen molar-refractivity contribution in [3.05, 3.63) is 59.2 Å². The van der Waals surface area contributed by atoms with Crippen molar-refractivity contribution in [1.29, 1.82) is 0 Å². The maximum Gasteiger partial charge on any atom is 0.165 e. The van der Waals surface area contributed by atoms with E-state index in [4.69, 9.17) is 9.47 Å². The zero-order valence-electron chi connectivity index (χ0n) is 16.0. The second-order valence-electron chi connectivity index (χ2n) is 7.26. The molecule has 3 nitrogen and oxygen atoms in total. The van der Waals surface area contributed by atoms with Crippen LogP contribution in [0.1, 0.15) is 50.3 Å². The molecular weight excluding hydrogens is 310 g/mol. The molecule has 2 aromatic rings. The van der Waals surface area contributed by atoms with E-state index >= 15 is 0 Å². The van der Waals surface area contributed by atoms with Crippen LogP contribution in [0.5, 0.6) is 11.5 Å². The van der Waals surface area contributed by atoms with Gasteiger partial charge in [-0.05, 0) is 38.0 Å². The van der Waals surface area contributed by atoms with Crippen LogP contribution in [0.4, 0.5) is 0 Å². The first-order chi connectivity index (χ1) is 12.0. The van der Waals surface area contributed by atoms with Crippen LogP contribution in [0.3, 0.4) is 0 Å². The van der Waals surface area contributed by atoms with Crippen LogP contribution in [0.2, 0.25) is 0 Å². The fourth-order valence-electron chi connectivity index (χ4n) is 3.71. The molecule has 0 saturated heterocycles. The Hall–Kier alpha value is -2.00. The molecule has 0 aromatic heterocycles. The van der Waals surface area contributed by atoms with Gasteiger partial charge in [-0.3, -0.25) is 4.90 Å². The van der Waals surface area contributed by atoms with E-state index in [-0.39, 0.29) is 6.10 Å². The first kappa shape index (κ1) is 17.8. The lowest BCUT2D eigenvalue weighted by Gasteiger charge is -2.40. The van der Waals surface area contributed by atoms with E-state index in [0.29, 0.717) is 12.0 Å². The molecule has 2 unspecified atom stereocenters. The average molecular weight is 339 g/mol. The molecule has 134 valence electrons. The quantitative estimate of drug-likeness (QED) is 0.766. The van der Waals surface area contributed by atoms with Crippen molar-refractivity contribution in [1.82, 2.24) is 4.90 Å². The highest BCUT2D eigenvalue weighted by molar-refractivity contribution is 5.54. The summed E-state index contributed by atoms with van der Waals surface area (Å²) >= 11 is 0. The molecule has 1 heterocycles. The Morgan fingerprint density at radius 3 is 2.44 bits per heavy atom. The van der Waals surface area contributed by atoms with Gasteiger partial charge in [-0.15, -0.1) is 0 Å². The van der Waals surface area contributed by atoms with Crippen molar-refractivity contribution in [2.45, 2.75) is 58.8 Å². The van der Waals surface area contributed by atoms with Gasteiger partial charge in [-0.1, -0.05) is 43.3 Å². The second kappa shape index (κ2) is 7.49. The lowest BCUT2D eigenvalue weighted by Crippen LogP contribution is -2.40. The van der Waals surface area contributed by atoms with E-state index in [1.807, 2.05) is 6.07 Å². The molecule has 25 heavy (non-hydrogen) atoms. The summed E-state index contributed by atoms with van der Waals surface area (Å²) in [6.07, 6.45) is 0.130. The standard InChI is InChI=1S/C22H29NO2/c1-15(2)25-22-20(24-5)12-11-19-14-23(17(4)16(3)21(19)22)13-18-9-7-6-8-10-18/h6-12,15-17H,13-14H2,1-5H3. The van der Waals surface area contributed by atoms with Crippen LogP contribution in [0, 0.1) is 0 Å². The molecule has 0 fully saturated rings. The molecule has 0 saturated carbocycles. The Labute approximate surface area is 151 Å². The summed E-state index contributed by atoms with van der Waals surface area (Å²) in [5, 5.41) is 0. The van der Waals surface area contributed by atoms with Gasteiger partial charge in [0.1, 0.15) is 0 Å². The number of fused-ring (bicyclic) bond motifs is 1. The molecule has 3 heteroatoms. The third kappa shape index (κ3) is 3.67. The highest BCUT2D eigenvalue weighted by atomic mass is 16.5. The first-order valence-electron chi connectivity index (χ1n) is 9.15. The summed E-state index contributed by atoms with van der Waals surface area (Å²) in [6.45, 7) is 10.7. The zero-order valence-corrected chi connectivity index (χ0v) is 16.0. The number of rotatable bonds is 5. The number of methoxy groups -OCH3 is 1. The molecule has 1 aliphatic rings. The fraction of sp³-hybridized carbons (Fsp3) is 0.455. The van der Waals surface area contributed by atoms with Gasteiger partial charge in [-0.2, -0.15) is 0 Å². The van der Waals surface area contributed by atoms with E-state index in [9.17, 15) is 0 Å². The Kier molecular flexibility index (Phi) is 5.33. The summed E-state index contributed by atoms with van der Waals surface area (Å²) in [4.78, 5) is 2.55. The minimum atomic E-state index is 0.130. The SMILES string of the molecule is COc1ccc2c(c1OC(C)C)C(C)C(C)N(Cc1ccccc1)C2. The molecule has 0 aliphatic carbocycles. The van der Waals surface area contributed by atoms with Gasteiger partial charge in [-0.25, -0.2) is 0 Å². The maximum atomic E-state index is 6.16. The minimum absolute atomic E-state index is 0.130. The van der Waals surface area contributed by atoms with Crippen LogP contribution < -0.4 is 9.47 Å². The van der Waals surface area contributed by atoms with Crippen LogP contribution in [-0.4, -0.2) is 24.2 Å². The number of benzene rings is 2. The van der Waals surface area contributed by atoms with Gasteiger partial charge in [0.15, 0.2) is 11.5 Å². The monoisotopic (exact) mass is 339 g/mol. The van der Waals surface area contributed by atoms with Crippen LogP contribution >= 0.6 is 0 Å². The van der Waals surface area contributed by atoms with E-state index in [1.54, 1.807) is 7.11 Å². The Morgan fingerprint density at radius 1 is 1.08 bits per heavy atom. The second-order valence-corrected chi connectivity index (χ2v) is 7.26. The minimum Gasteiger partial charge on any atom is -0.493 e. The molecule has 0 radical (unpaired) electrons. The number of hydrogen-bond acceptors (Lipinski definition) is 3. The molecule has 2 aromatic carbocycles. The van der Waals surface area contributed by atoms with Gasteiger partial charge in [0.2, 0.25) is 0 Å². The van der Waals surface area contributed by atoms with Gasteiger partial charge >= 0.3 is 0 Å². The fourth-order valence-corrected chi connectivity index (χ4v) is 3.71. The molecule has 1 aliphatic heterocycles. The molecular formula is C22H29NO2. The van der Waals surface area contributed by atoms with Gasteiger partial charge in [0.25, 0.3) is 0 Å². The third-order valence-electron chi connectivity index (χ3n) is 5.18. The van der Waals surface area contributed by atoms with Crippen LogP contribution in [0.25, 0.3) is 0 Å². The van der Waals surface area contributed by atoms with Gasteiger partial charge in [0, 0.05) is 30.6 Å². The van der Waals surface area contributed by atoms with E-state index in [0.717, 1.165) is 24.6 Å². The number of nitrogens with zero attached hydrogens (tertiary/aromatic N) is 1. The highest BCUT2D eigenvalue weighted by Gasteiger charge is 2.33. The summed E-state index contributed by atoms with van der Waals surface area (Å²) < 4.78 is 11.7. The Bertz CT molecular complexity index is 711. The predicted molar refractivity (Wildman–Crippen MR) is 102 cm³/mol. The smallest absolute Gasteiger partial charge is 0.165 e. The Balaban J connectivity index is 1.95. The van der Waals surface area contributed by atoms with Crippen molar-refractivity contribution in [3.8, 4) is 11.5 Å². The molecule has 0 bridgehead atoms. The van der Waals surface area contributed by atoms with Crippen molar-refractivity contribution < 1.29 is 9.47 Å². The molecule has 2 atom stereocenters. The largest absolute Gasteiger partial charge is 0.493 e. The highest BCUT2D eigenvalue weighted by Crippen LogP contribution is 2.44.